The molecule has 0 heterocycles. The number of hydrogen-bond donors (Lipinski definition) is 3. The van der Waals surface area contributed by atoms with Crippen molar-refractivity contribution in [2.24, 2.45) is 0 Å². The van der Waals surface area contributed by atoms with E-state index in [2.05, 4.69) is 55.6 Å². The molecule has 0 aliphatic carbocycles. The fraction of sp³-hybridized carbons (Fsp3) is 0.861. The zero-order valence-corrected chi connectivity index (χ0v) is 52.4. The number of esters is 1. The molecule has 0 aliphatic rings. The standard InChI is InChI=1S/C72H135NO5/c1-3-5-7-9-11-13-15-17-19-21-33-36-40-44-48-52-56-60-64-70(75)69(68-74)73-71(76)65-61-57-53-49-45-41-37-34-31-29-27-25-23-22-24-26-28-30-32-35-39-43-47-51-55-59-63-67-78-72(77)66-62-58-54-50-46-42-38-20-18-16-14-12-10-8-6-4-2/h20,22-23,26,28,38,60,64,69-70,74-75H,3-19,21,24-25,27,29-37,39-59,61-63,65-68H2,1-2H3,(H,73,76)/b23-22-,28-26-,38-20-,64-60+. The van der Waals surface area contributed by atoms with Crippen LogP contribution in [-0.2, 0) is 14.3 Å². The fourth-order valence-corrected chi connectivity index (χ4v) is 10.7. The summed E-state index contributed by atoms with van der Waals surface area (Å²) in [6.07, 6.45) is 87.5. The molecule has 0 aliphatic heterocycles. The topological polar surface area (TPSA) is 95.9 Å². The van der Waals surface area contributed by atoms with Crippen LogP contribution in [0.3, 0.4) is 0 Å². The van der Waals surface area contributed by atoms with Crippen LogP contribution >= 0.6 is 0 Å². The zero-order chi connectivity index (χ0) is 56.4. The molecule has 0 aromatic rings. The van der Waals surface area contributed by atoms with Gasteiger partial charge in [-0.25, -0.2) is 0 Å². The monoisotopic (exact) mass is 1090 g/mol. The van der Waals surface area contributed by atoms with Gasteiger partial charge in [0.05, 0.1) is 25.4 Å². The lowest BCUT2D eigenvalue weighted by Crippen LogP contribution is -2.45. The average molecular weight is 1090 g/mol. The summed E-state index contributed by atoms with van der Waals surface area (Å²) < 4.78 is 5.49. The van der Waals surface area contributed by atoms with E-state index in [0.717, 1.165) is 51.4 Å². The molecule has 6 heteroatoms. The number of aliphatic hydroxyl groups excluding tert-OH is 2. The van der Waals surface area contributed by atoms with Crippen LogP contribution in [0.4, 0.5) is 0 Å². The van der Waals surface area contributed by atoms with Crippen LogP contribution in [0.15, 0.2) is 48.6 Å². The van der Waals surface area contributed by atoms with Crippen LogP contribution in [0, 0.1) is 0 Å². The Morgan fingerprint density at radius 1 is 0.359 bits per heavy atom. The van der Waals surface area contributed by atoms with Gasteiger partial charge in [0.2, 0.25) is 5.91 Å². The molecule has 0 bridgehead atoms. The number of allylic oxidation sites excluding steroid dienone is 7. The van der Waals surface area contributed by atoms with E-state index in [-0.39, 0.29) is 18.5 Å². The van der Waals surface area contributed by atoms with Crippen LogP contribution in [0.5, 0.6) is 0 Å². The van der Waals surface area contributed by atoms with E-state index in [9.17, 15) is 19.8 Å². The van der Waals surface area contributed by atoms with Crippen LogP contribution in [-0.4, -0.2) is 47.4 Å². The van der Waals surface area contributed by atoms with Crippen molar-refractivity contribution < 1.29 is 24.5 Å². The van der Waals surface area contributed by atoms with Gasteiger partial charge in [0.15, 0.2) is 0 Å². The second-order valence-corrected chi connectivity index (χ2v) is 23.9. The number of carbonyl (C=O) groups excluding carboxylic acids is 2. The lowest BCUT2D eigenvalue weighted by atomic mass is 10.0. The molecular weight excluding hydrogens is 959 g/mol. The predicted molar refractivity (Wildman–Crippen MR) is 342 cm³/mol. The number of amides is 1. The van der Waals surface area contributed by atoms with E-state index >= 15 is 0 Å². The summed E-state index contributed by atoms with van der Waals surface area (Å²) in [5.41, 5.74) is 0. The van der Waals surface area contributed by atoms with Crippen molar-refractivity contribution in [3.63, 3.8) is 0 Å². The van der Waals surface area contributed by atoms with Crippen molar-refractivity contribution >= 4 is 11.9 Å². The average Bonchev–Trinajstić information content (AvgIpc) is 3.44. The number of ether oxygens (including phenoxy) is 1. The Labute approximate surface area is 486 Å². The normalized spacial score (nSPS) is 12.8. The first-order valence-electron chi connectivity index (χ1n) is 34.9. The second kappa shape index (κ2) is 67.3. The molecule has 0 fully saturated rings. The number of aliphatic hydroxyl groups is 2. The van der Waals surface area contributed by atoms with E-state index < -0.39 is 12.1 Å². The van der Waals surface area contributed by atoms with Gasteiger partial charge in [-0.05, 0) is 89.9 Å². The summed E-state index contributed by atoms with van der Waals surface area (Å²) in [7, 11) is 0. The summed E-state index contributed by atoms with van der Waals surface area (Å²) in [6, 6.07) is -0.632. The number of hydrogen-bond acceptors (Lipinski definition) is 5. The Morgan fingerprint density at radius 2 is 0.641 bits per heavy atom. The molecule has 0 radical (unpaired) electrons. The van der Waals surface area contributed by atoms with Crippen molar-refractivity contribution in [3.8, 4) is 0 Å². The highest BCUT2D eigenvalue weighted by atomic mass is 16.5. The van der Waals surface area contributed by atoms with Gasteiger partial charge in [-0.2, -0.15) is 0 Å². The van der Waals surface area contributed by atoms with Crippen molar-refractivity contribution in [3.05, 3.63) is 48.6 Å². The quantitative estimate of drug-likeness (QED) is 0.0320. The van der Waals surface area contributed by atoms with Crippen LogP contribution < -0.4 is 5.32 Å². The van der Waals surface area contributed by atoms with Crippen molar-refractivity contribution in [1.82, 2.24) is 5.32 Å². The van der Waals surface area contributed by atoms with Crippen molar-refractivity contribution in [2.45, 2.75) is 386 Å². The molecule has 0 rings (SSSR count). The molecule has 0 aromatic carbocycles. The minimum Gasteiger partial charge on any atom is -0.466 e. The van der Waals surface area contributed by atoms with Gasteiger partial charge >= 0.3 is 5.97 Å². The van der Waals surface area contributed by atoms with Crippen molar-refractivity contribution in [1.29, 1.82) is 0 Å². The minimum atomic E-state index is -0.848. The molecule has 6 nitrogen and oxygen atoms in total. The molecule has 458 valence electrons. The molecule has 0 aromatic heterocycles. The maximum Gasteiger partial charge on any atom is 0.305 e. The Kier molecular flexibility index (Phi) is 65.4. The zero-order valence-electron chi connectivity index (χ0n) is 52.4. The number of rotatable bonds is 65. The van der Waals surface area contributed by atoms with E-state index in [4.69, 9.17) is 4.74 Å². The Hall–Kier alpha value is -2.18. The summed E-state index contributed by atoms with van der Waals surface area (Å²) >= 11 is 0. The SMILES string of the molecule is CCCCCCCCC/C=C\CCCCCCCC(=O)OCCCCCCCCCCC/C=C\C/C=C\CCCCCCCCCCCCCC(=O)NC(CO)C(O)/C=C/CCCCCCCCCCCCCCCCCC. The van der Waals surface area contributed by atoms with Gasteiger partial charge in [0.1, 0.15) is 0 Å². The molecule has 0 spiro atoms. The first kappa shape index (κ1) is 75.8. The Balaban J connectivity index is 3.44. The number of carbonyl (C=O) groups is 2. The summed E-state index contributed by atoms with van der Waals surface area (Å²) in [5, 5.41) is 23.2. The summed E-state index contributed by atoms with van der Waals surface area (Å²) in [5.74, 6) is -0.0659. The molecule has 1 amide bonds. The third kappa shape index (κ3) is 63.0. The smallest absolute Gasteiger partial charge is 0.305 e. The number of nitrogens with one attached hydrogen (secondary N) is 1. The fourth-order valence-electron chi connectivity index (χ4n) is 10.7. The van der Waals surface area contributed by atoms with Gasteiger partial charge in [0.25, 0.3) is 0 Å². The van der Waals surface area contributed by atoms with Crippen LogP contribution in [0.2, 0.25) is 0 Å². The predicted octanol–water partition coefficient (Wildman–Crippen LogP) is 22.5. The lowest BCUT2D eigenvalue weighted by Gasteiger charge is -2.20. The van der Waals surface area contributed by atoms with Gasteiger partial charge < -0.3 is 20.3 Å². The molecule has 78 heavy (non-hydrogen) atoms. The highest BCUT2D eigenvalue weighted by molar-refractivity contribution is 5.76. The molecule has 0 saturated carbocycles. The lowest BCUT2D eigenvalue weighted by molar-refractivity contribution is -0.143. The summed E-state index contributed by atoms with van der Waals surface area (Å²) in [4.78, 5) is 24.6. The largest absolute Gasteiger partial charge is 0.466 e. The van der Waals surface area contributed by atoms with Crippen LogP contribution in [0.25, 0.3) is 0 Å². The molecule has 2 atom stereocenters. The van der Waals surface area contributed by atoms with E-state index in [1.807, 2.05) is 6.08 Å². The second-order valence-electron chi connectivity index (χ2n) is 23.9. The van der Waals surface area contributed by atoms with E-state index in [1.165, 1.54) is 295 Å². The molecular formula is C72H135NO5. The Bertz CT molecular complexity index is 1310. The minimum absolute atomic E-state index is 0.00299. The van der Waals surface area contributed by atoms with Gasteiger partial charge in [-0.3, -0.25) is 9.59 Å². The number of unbranched alkanes of at least 4 members (excludes halogenated alkanes) is 48. The summed E-state index contributed by atoms with van der Waals surface area (Å²) in [6.45, 7) is 4.92. The van der Waals surface area contributed by atoms with E-state index in [1.54, 1.807) is 6.08 Å². The molecule has 2 unspecified atom stereocenters. The van der Waals surface area contributed by atoms with Crippen LogP contribution in [0.1, 0.15) is 373 Å². The van der Waals surface area contributed by atoms with Gasteiger partial charge in [-0.15, -0.1) is 0 Å². The Morgan fingerprint density at radius 3 is 0.987 bits per heavy atom. The van der Waals surface area contributed by atoms with Gasteiger partial charge in [-0.1, -0.05) is 319 Å². The first-order chi connectivity index (χ1) is 38.5. The molecule has 3 N–H and O–H groups in total. The third-order valence-electron chi connectivity index (χ3n) is 16.1. The maximum absolute atomic E-state index is 12.5. The van der Waals surface area contributed by atoms with E-state index in [0.29, 0.717) is 19.4 Å². The first-order valence-corrected chi connectivity index (χ1v) is 34.9. The highest BCUT2D eigenvalue weighted by Gasteiger charge is 2.18. The molecule has 0 saturated heterocycles. The maximum atomic E-state index is 12.5. The van der Waals surface area contributed by atoms with Gasteiger partial charge in [0, 0.05) is 12.8 Å². The third-order valence-corrected chi connectivity index (χ3v) is 16.1. The van der Waals surface area contributed by atoms with Crippen molar-refractivity contribution in [2.75, 3.05) is 13.2 Å². The highest BCUT2D eigenvalue weighted by Crippen LogP contribution is 2.18.